The van der Waals surface area contributed by atoms with E-state index in [1.807, 2.05) is 12.1 Å². The monoisotopic (exact) mass is 504 g/mol. The zero-order chi connectivity index (χ0) is 25.4. The van der Waals surface area contributed by atoms with Gasteiger partial charge < -0.3 is 29.5 Å². The van der Waals surface area contributed by atoms with Crippen LogP contribution in [0.15, 0.2) is 54.6 Å². The van der Waals surface area contributed by atoms with E-state index in [9.17, 15) is 24.9 Å². The number of aliphatic carboxylic acids is 1. The Morgan fingerprint density at radius 3 is 2.51 bits per heavy atom. The van der Waals surface area contributed by atoms with E-state index in [2.05, 4.69) is 0 Å². The van der Waals surface area contributed by atoms with Gasteiger partial charge in [-0.3, -0.25) is 0 Å². The number of carbonyl (C=O) groups is 2. The van der Waals surface area contributed by atoms with Gasteiger partial charge in [-0.25, -0.2) is 9.59 Å². The second-order valence-corrected chi connectivity index (χ2v) is 8.83. The molecule has 4 atom stereocenters. The number of aliphatic hydroxyl groups excluding tert-OH is 2. The molecule has 0 saturated heterocycles. The van der Waals surface area contributed by atoms with Crippen LogP contribution in [0.5, 0.6) is 5.75 Å². The van der Waals surface area contributed by atoms with Gasteiger partial charge in [0.25, 0.3) is 0 Å². The van der Waals surface area contributed by atoms with Gasteiger partial charge in [-0.1, -0.05) is 41.9 Å². The van der Waals surface area contributed by atoms with Crippen LogP contribution in [0.25, 0.3) is 6.08 Å². The maximum absolute atomic E-state index is 12.4. The van der Waals surface area contributed by atoms with Crippen molar-refractivity contribution < 1.29 is 39.1 Å². The Balaban J connectivity index is 1.63. The largest absolute Gasteiger partial charge is 0.496 e. The van der Waals surface area contributed by atoms with Gasteiger partial charge in [-0.05, 0) is 42.7 Å². The van der Waals surface area contributed by atoms with Gasteiger partial charge in [-0.15, -0.1) is 0 Å². The number of aliphatic hydroxyl groups is 2. The van der Waals surface area contributed by atoms with Crippen LogP contribution < -0.4 is 4.74 Å². The third-order valence-electron chi connectivity index (χ3n) is 5.94. The van der Waals surface area contributed by atoms with Crippen molar-refractivity contribution in [3.05, 3.63) is 70.8 Å². The van der Waals surface area contributed by atoms with Crippen LogP contribution in [0.2, 0.25) is 5.02 Å². The molecule has 1 fully saturated rings. The Morgan fingerprint density at radius 2 is 1.83 bits per heavy atom. The number of hydrogen-bond donors (Lipinski definition) is 3. The highest BCUT2D eigenvalue weighted by Crippen LogP contribution is 2.35. The highest BCUT2D eigenvalue weighted by Gasteiger charge is 2.52. The second-order valence-electron chi connectivity index (χ2n) is 8.39. The molecule has 9 heteroatoms. The number of carboxylic acids is 1. The first-order chi connectivity index (χ1) is 16.7. The van der Waals surface area contributed by atoms with Crippen molar-refractivity contribution in [1.29, 1.82) is 0 Å². The number of benzene rings is 2. The lowest BCUT2D eigenvalue weighted by Gasteiger charge is -2.41. The fourth-order valence-corrected chi connectivity index (χ4v) is 4.17. The molecule has 0 amide bonds. The number of halogens is 1. The summed E-state index contributed by atoms with van der Waals surface area (Å²) in [5.41, 5.74) is -0.133. The summed E-state index contributed by atoms with van der Waals surface area (Å²) >= 11 is 5.89. The lowest BCUT2D eigenvalue weighted by atomic mass is 9.79. The molecule has 1 aliphatic carbocycles. The Labute approximate surface area is 208 Å². The molecule has 0 aliphatic heterocycles. The molecule has 2 aromatic carbocycles. The summed E-state index contributed by atoms with van der Waals surface area (Å²) < 4.78 is 16.3. The molecule has 0 bridgehead atoms. The predicted molar refractivity (Wildman–Crippen MR) is 129 cm³/mol. The summed E-state index contributed by atoms with van der Waals surface area (Å²) in [5.74, 6) is -1.53. The van der Waals surface area contributed by atoms with Crippen LogP contribution in [0.4, 0.5) is 0 Å². The van der Waals surface area contributed by atoms with Crippen molar-refractivity contribution in [2.45, 2.75) is 49.6 Å². The van der Waals surface area contributed by atoms with E-state index >= 15 is 0 Å². The standard InChI is InChI=1S/C26H29ClO8/c1-33-21-7-3-2-6-18(21)10-13-23(29)35-22-16-26(25(31)32,15-20(28)24(22)30)34-14-4-5-17-8-11-19(27)12-9-17/h2-3,6-13,20,22,24,28,30H,4-5,14-16H2,1H3,(H,31,32)/b13-10+/t20-,22+,24+,26-/m0/s1. The smallest absolute Gasteiger partial charge is 0.336 e. The predicted octanol–water partition coefficient (Wildman–Crippen LogP) is 3.26. The third kappa shape index (κ3) is 7.05. The molecule has 0 radical (unpaired) electrons. The number of aryl methyl sites for hydroxylation is 1. The van der Waals surface area contributed by atoms with Gasteiger partial charge in [0.1, 0.15) is 18.0 Å². The van der Waals surface area contributed by atoms with Crippen molar-refractivity contribution in [2.75, 3.05) is 13.7 Å². The molecule has 0 heterocycles. The van der Waals surface area contributed by atoms with Crippen molar-refractivity contribution in [3.8, 4) is 5.75 Å². The minimum Gasteiger partial charge on any atom is -0.496 e. The van der Waals surface area contributed by atoms with E-state index in [4.69, 9.17) is 25.8 Å². The highest BCUT2D eigenvalue weighted by atomic mass is 35.5. The van der Waals surface area contributed by atoms with Crippen LogP contribution in [0.3, 0.4) is 0 Å². The summed E-state index contributed by atoms with van der Waals surface area (Å²) in [7, 11) is 1.51. The maximum Gasteiger partial charge on any atom is 0.336 e. The average Bonchev–Trinajstić information content (AvgIpc) is 2.84. The van der Waals surface area contributed by atoms with Gasteiger partial charge in [-0.2, -0.15) is 0 Å². The molecular formula is C26H29ClO8. The van der Waals surface area contributed by atoms with Crippen LogP contribution in [-0.4, -0.2) is 64.9 Å². The highest BCUT2D eigenvalue weighted by molar-refractivity contribution is 6.30. The average molecular weight is 505 g/mol. The van der Waals surface area contributed by atoms with Gasteiger partial charge >= 0.3 is 11.9 Å². The number of rotatable bonds is 10. The fraction of sp³-hybridized carbons (Fsp3) is 0.385. The molecule has 0 aromatic heterocycles. The molecule has 1 saturated carbocycles. The number of ether oxygens (including phenoxy) is 3. The summed E-state index contributed by atoms with van der Waals surface area (Å²) in [5, 5.41) is 31.3. The van der Waals surface area contributed by atoms with E-state index < -0.39 is 35.9 Å². The van der Waals surface area contributed by atoms with E-state index in [-0.39, 0.29) is 19.4 Å². The first kappa shape index (κ1) is 26.7. The lowest BCUT2D eigenvalue weighted by molar-refractivity contribution is -0.207. The van der Waals surface area contributed by atoms with Crippen LogP contribution in [0, 0.1) is 0 Å². The number of carboxylic acid groups (broad SMARTS) is 1. The molecule has 35 heavy (non-hydrogen) atoms. The van der Waals surface area contributed by atoms with Crippen LogP contribution in [0.1, 0.15) is 30.4 Å². The van der Waals surface area contributed by atoms with Gasteiger partial charge in [0.2, 0.25) is 0 Å². The first-order valence-corrected chi connectivity index (χ1v) is 11.6. The molecule has 0 spiro atoms. The fourth-order valence-electron chi connectivity index (χ4n) is 4.05. The van der Waals surface area contributed by atoms with Crippen molar-refractivity contribution >= 4 is 29.6 Å². The molecule has 0 unspecified atom stereocenters. The Morgan fingerprint density at radius 1 is 1.11 bits per heavy atom. The quantitative estimate of drug-likeness (QED) is 0.256. The molecule has 188 valence electrons. The van der Waals surface area contributed by atoms with Crippen LogP contribution in [-0.2, 0) is 25.5 Å². The van der Waals surface area contributed by atoms with Gasteiger partial charge in [0.05, 0.1) is 13.2 Å². The molecule has 1 aliphatic rings. The Hall–Kier alpha value is -2.91. The summed E-state index contributed by atoms with van der Waals surface area (Å²) in [6.45, 7) is 0.103. The summed E-state index contributed by atoms with van der Waals surface area (Å²) in [4.78, 5) is 24.6. The third-order valence-corrected chi connectivity index (χ3v) is 6.19. The Bertz CT molecular complexity index is 1040. The van der Waals surface area contributed by atoms with Crippen LogP contribution >= 0.6 is 11.6 Å². The molecule has 3 rings (SSSR count). The SMILES string of the molecule is COc1ccccc1/C=C/C(=O)O[C@@H]1C[C@](OCCCc2ccc(Cl)cc2)(C(=O)O)C[C@H](O)[C@H]1O. The molecule has 3 N–H and O–H groups in total. The van der Waals surface area contributed by atoms with Crippen molar-refractivity contribution in [2.24, 2.45) is 0 Å². The number of methoxy groups -OCH3 is 1. The molecular weight excluding hydrogens is 476 g/mol. The zero-order valence-electron chi connectivity index (χ0n) is 19.3. The van der Waals surface area contributed by atoms with Gasteiger partial charge in [0, 0.05) is 36.1 Å². The van der Waals surface area contributed by atoms with E-state index in [1.54, 1.807) is 36.4 Å². The Kier molecular flexibility index (Phi) is 9.28. The number of para-hydroxylation sites is 1. The van der Waals surface area contributed by atoms with Gasteiger partial charge in [0.15, 0.2) is 5.60 Å². The number of carbonyl (C=O) groups excluding carboxylic acids is 1. The lowest BCUT2D eigenvalue weighted by Crippen LogP contribution is -2.58. The second kappa shape index (κ2) is 12.2. The minimum atomic E-state index is -1.80. The molecule has 8 nitrogen and oxygen atoms in total. The first-order valence-electron chi connectivity index (χ1n) is 11.2. The van der Waals surface area contributed by atoms with E-state index in [0.29, 0.717) is 29.2 Å². The van der Waals surface area contributed by atoms with Crippen molar-refractivity contribution in [3.63, 3.8) is 0 Å². The minimum absolute atomic E-state index is 0.103. The summed E-state index contributed by atoms with van der Waals surface area (Å²) in [6, 6.07) is 14.4. The summed E-state index contributed by atoms with van der Waals surface area (Å²) in [6.07, 6.45) is -0.945. The number of hydrogen-bond acceptors (Lipinski definition) is 7. The number of esters is 1. The molecule has 2 aromatic rings. The normalized spacial score (nSPS) is 24.3. The zero-order valence-corrected chi connectivity index (χ0v) is 20.1. The topological polar surface area (TPSA) is 123 Å². The van der Waals surface area contributed by atoms with E-state index in [0.717, 1.165) is 11.6 Å². The maximum atomic E-state index is 12.4. The van der Waals surface area contributed by atoms with Crippen molar-refractivity contribution in [1.82, 2.24) is 0 Å². The van der Waals surface area contributed by atoms with E-state index in [1.165, 1.54) is 13.2 Å².